The second kappa shape index (κ2) is 6.13. The number of thioether (sulfide) groups is 1. The molecule has 1 fully saturated rings. The number of amides is 1. The van der Waals surface area contributed by atoms with Crippen molar-refractivity contribution in [2.45, 2.75) is 43.9 Å². The van der Waals surface area contributed by atoms with Gasteiger partial charge in [-0.15, -0.1) is 0 Å². The van der Waals surface area contributed by atoms with E-state index in [0.717, 1.165) is 19.3 Å². The third-order valence-corrected chi connectivity index (χ3v) is 4.27. The Bertz CT molecular complexity index is 270. The van der Waals surface area contributed by atoms with Crippen LogP contribution in [0.2, 0.25) is 0 Å². The maximum Gasteiger partial charge on any atom is 0.315 e. The molecule has 4 nitrogen and oxygen atoms in total. The Kier molecular flexibility index (Phi) is 5.12. The van der Waals surface area contributed by atoms with Gasteiger partial charge in [0.15, 0.2) is 0 Å². The van der Waals surface area contributed by atoms with Crippen molar-refractivity contribution in [3.63, 3.8) is 0 Å². The summed E-state index contributed by atoms with van der Waals surface area (Å²) in [5.41, 5.74) is 0. The van der Waals surface area contributed by atoms with Gasteiger partial charge in [0.2, 0.25) is 5.91 Å². The number of carboxylic acids is 1. The van der Waals surface area contributed by atoms with Gasteiger partial charge in [0, 0.05) is 11.3 Å². The number of nitrogens with one attached hydrogen (secondary N) is 1. The van der Waals surface area contributed by atoms with Crippen LogP contribution in [0.25, 0.3) is 0 Å². The fourth-order valence-electron chi connectivity index (χ4n) is 1.96. The van der Waals surface area contributed by atoms with Gasteiger partial charge in [-0.25, -0.2) is 0 Å². The van der Waals surface area contributed by atoms with Crippen LogP contribution in [0.1, 0.15) is 32.6 Å². The Morgan fingerprint density at radius 3 is 2.56 bits per heavy atom. The first kappa shape index (κ1) is 13.4. The van der Waals surface area contributed by atoms with E-state index in [9.17, 15) is 9.59 Å². The second-order valence-corrected chi connectivity index (χ2v) is 5.31. The van der Waals surface area contributed by atoms with Crippen molar-refractivity contribution in [1.82, 2.24) is 5.32 Å². The summed E-state index contributed by atoms with van der Waals surface area (Å²) in [5.74, 6) is -2.38. The largest absolute Gasteiger partial charge is 0.481 e. The van der Waals surface area contributed by atoms with Gasteiger partial charge in [-0.05, 0) is 26.0 Å². The van der Waals surface area contributed by atoms with E-state index in [4.69, 9.17) is 5.11 Å². The summed E-state index contributed by atoms with van der Waals surface area (Å²) < 4.78 is 0. The molecule has 0 aromatic rings. The van der Waals surface area contributed by atoms with Gasteiger partial charge < -0.3 is 10.4 Å². The van der Waals surface area contributed by atoms with E-state index in [1.807, 2.05) is 6.26 Å². The minimum absolute atomic E-state index is 0.137. The molecule has 0 heterocycles. The molecule has 3 unspecified atom stereocenters. The van der Waals surface area contributed by atoms with E-state index in [1.54, 1.807) is 11.8 Å². The highest BCUT2D eigenvalue weighted by Crippen LogP contribution is 2.27. The summed E-state index contributed by atoms with van der Waals surface area (Å²) in [4.78, 5) is 22.3. The molecule has 5 heteroatoms. The third-order valence-electron chi connectivity index (χ3n) is 3.10. The summed E-state index contributed by atoms with van der Waals surface area (Å²) in [7, 11) is 0. The molecule has 0 spiro atoms. The molecule has 1 saturated carbocycles. The van der Waals surface area contributed by atoms with Crippen LogP contribution in [0.5, 0.6) is 0 Å². The van der Waals surface area contributed by atoms with Crippen LogP contribution >= 0.6 is 11.8 Å². The van der Waals surface area contributed by atoms with Crippen molar-refractivity contribution < 1.29 is 14.7 Å². The first-order valence-corrected chi connectivity index (χ1v) is 6.91. The van der Waals surface area contributed by atoms with Crippen molar-refractivity contribution >= 4 is 23.6 Å². The summed E-state index contributed by atoms with van der Waals surface area (Å²) in [6.45, 7) is 1.43. The average molecular weight is 245 g/mol. The number of aliphatic carboxylic acids is 1. The van der Waals surface area contributed by atoms with Crippen LogP contribution in [0.15, 0.2) is 0 Å². The van der Waals surface area contributed by atoms with Crippen molar-refractivity contribution in [3.8, 4) is 0 Å². The summed E-state index contributed by atoms with van der Waals surface area (Å²) in [5, 5.41) is 12.0. The molecule has 0 aliphatic heterocycles. The predicted molar refractivity (Wildman–Crippen MR) is 64.5 cm³/mol. The van der Waals surface area contributed by atoms with E-state index >= 15 is 0 Å². The topological polar surface area (TPSA) is 66.4 Å². The van der Waals surface area contributed by atoms with Gasteiger partial charge >= 0.3 is 5.97 Å². The van der Waals surface area contributed by atoms with Gasteiger partial charge in [0.05, 0.1) is 0 Å². The molecule has 92 valence electrons. The first-order chi connectivity index (χ1) is 7.56. The molecule has 1 aliphatic carbocycles. The second-order valence-electron chi connectivity index (χ2n) is 4.23. The van der Waals surface area contributed by atoms with Gasteiger partial charge in [-0.1, -0.05) is 12.8 Å². The molecule has 1 amide bonds. The molecule has 0 bridgehead atoms. The zero-order chi connectivity index (χ0) is 12.1. The molecular weight excluding hydrogens is 226 g/mol. The summed E-state index contributed by atoms with van der Waals surface area (Å²) in [6, 6.07) is 0.137. The standard InChI is InChI=1S/C11H19NO3S/c1-7(11(14)15)10(13)12-8-5-3-4-6-9(8)16-2/h7-9H,3-6H2,1-2H3,(H,12,13)(H,14,15). The molecule has 1 rings (SSSR count). The van der Waals surface area contributed by atoms with Crippen molar-refractivity contribution in [2.75, 3.05) is 6.26 Å². The quantitative estimate of drug-likeness (QED) is 0.737. The Balaban J connectivity index is 2.51. The van der Waals surface area contributed by atoms with Crippen LogP contribution in [-0.4, -0.2) is 34.5 Å². The zero-order valence-electron chi connectivity index (χ0n) is 9.73. The highest BCUT2D eigenvalue weighted by atomic mass is 32.2. The lowest BCUT2D eigenvalue weighted by Crippen LogP contribution is -2.46. The highest BCUT2D eigenvalue weighted by Gasteiger charge is 2.29. The van der Waals surface area contributed by atoms with Crippen LogP contribution in [0.3, 0.4) is 0 Å². The molecule has 0 aromatic carbocycles. The van der Waals surface area contributed by atoms with E-state index in [1.165, 1.54) is 13.3 Å². The van der Waals surface area contributed by atoms with Gasteiger partial charge in [-0.3, -0.25) is 9.59 Å². The number of hydrogen-bond donors (Lipinski definition) is 2. The first-order valence-electron chi connectivity index (χ1n) is 5.62. The monoisotopic (exact) mass is 245 g/mol. The molecule has 0 aromatic heterocycles. The predicted octanol–water partition coefficient (Wildman–Crippen LogP) is 1.50. The normalized spacial score (nSPS) is 27.1. The SMILES string of the molecule is CSC1CCCCC1NC(=O)C(C)C(=O)O. The van der Waals surface area contributed by atoms with Gasteiger partial charge in [0.25, 0.3) is 0 Å². The van der Waals surface area contributed by atoms with Crippen molar-refractivity contribution in [2.24, 2.45) is 5.92 Å². The molecule has 2 N–H and O–H groups in total. The fourth-order valence-corrected chi connectivity index (χ4v) is 2.90. The lowest BCUT2D eigenvalue weighted by Gasteiger charge is -2.31. The minimum Gasteiger partial charge on any atom is -0.481 e. The number of hydrogen-bond acceptors (Lipinski definition) is 3. The van der Waals surface area contributed by atoms with Crippen LogP contribution in [0, 0.1) is 5.92 Å². The number of carbonyl (C=O) groups excluding carboxylic acids is 1. The Labute approximate surface area is 100 Å². The molecule has 1 aliphatic rings. The molecular formula is C11H19NO3S. The maximum atomic E-state index is 11.6. The van der Waals surface area contributed by atoms with Crippen molar-refractivity contribution in [3.05, 3.63) is 0 Å². The minimum atomic E-state index is -1.06. The van der Waals surface area contributed by atoms with Crippen LogP contribution in [-0.2, 0) is 9.59 Å². The van der Waals surface area contributed by atoms with Gasteiger partial charge in [-0.2, -0.15) is 11.8 Å². The van der Waals surface area contributed by atoms with Gasteiger partial charge in [0.1, 0.15) is 5.92 Å². The molecule has 3 atom stereocenters. The highest BCUT2D eigenvalue weighted by molar-refractivity contribution is 7.99. The van der Waals surface area contributed by atoms with E-state index in [-0.39, 0.29) is 11.9 Å². The summed E-state index contributed by atoms with van der Waals surface area (Å²) >= 11 is 1.75. The van der Waals surface area contributed by atoms with E-state index in [2.05, 4.69) is 5.32 Å². The molecule has 0 saturated heterocycles. The molecule has 16 heavy (non-hydrogen) atoms. The Morgan fingerprint density at radius 1 is 1.38 bits per heavy atom. The smallest absolute Gasteiger partial charge is 0.315 e. The Hall–Kier alpha value is -0.710. The lowest BCUT2D eigenvalue weighted by molar-refractivity contribution is -0.146. The zero-order valence-corrected chi connectivity index (χ0v) is 10.5. The maximum absolute atomic E-state index is 11.6. The lowest BCUT2D eigenvalue weighted by atomic mass is 9.94. The van der Waals surface area contributed by atoms with Crippen LogP contribution < -0.4 is 5.32 Å². The average Bonchev–Trinajstić information content (AvgIpc) is 2.28. The number of carboxylic acid groups (broad SMARTS) is 1. The van der Waals surface area contributed by atoms with Crippen LogP contribution in [0.4, 0.5) is 0 Å². The third kappa shape index (κ3) is 3.40. The number of rotatable bonds is 4. The number of carbonyl (C=O) groups is 2. The van der Waals surface area contributed by atoms with Crippen molar-refractivity contribution in [1.29, 1.82) is 0 Å². The Morgan fingerprint density at radius 2 is 2.00 bits per heavy atom. The molecule has 0 radical (unpaired) electrons. The summed E-state index contributed by atoms with van der Waals surface area (Å²) in [6.07, 6.45) is 6.42. The fraction of sp³-hybridized carbons (Fsp3) is 0.818. The van der Waals surface area contributed by atoms with E-state index in [0.29, 0.717) is 5.25 Å². The van der Waals surface area contributed by atoms with E-state index < -0.39 is 11.9 Å².